The van der Waals surface area contributed by atoms with E-state index in [2.05, 4.69) is 17.3 Å². The smallest absolute Gasteiger partial charge is 0.258 e. The summed E-state index contributed by atoms with van der Waals surface area (Å²) >= 11 is 1.51. The first-order valence-corrected chi connectivity index (χ1v) is 9.92. The van der Waals surface area contributed by atoms with E-state index in [1.165, 1.54) is 11.3 Å². The number of aryl methyl sites for hydroxylation is 1. The number of anilines is 3. The zero-order chi connectivity index (χ0) is 18.3. The van der Waals surface area contributed by atoms with Gasteiger partial charge >= 0.3 is 0 Å². The molecule has 0 unspecified atom stereocenters. The van der Waals surface area contributed by atoms with Crippen molar-refractivity contribution in [1.82, 2.24) is 4.90 Å². The molecular weight excluding hydrogens is 346 g/mol. The maximum atomic E-state index is 13.3. The Balaban J connectivity index is 1.71. The van der Waals surface area contributed by atoms with Crippen LogP contribution in [0, 0.1) is 12.8 Å². The van der Waals surface area contributed by atoms with Gasteiger partial charge in [-0.25, -0.2) is 0 Å². The summed E-state index contributed by atoms with van der Waals surface area (Å²) in [6.45, 7) is 4.01. The molecule has 0 atom stereocenters. The Morgan fingerprint density at radius 2 is 1.96 bits per heavy atom. The molecule has 3 heterocycles. The van der Waals surface area contributed by atoms with E-state index in [0.717, 1.165) is 36.5 Å². The molecular formula is C20H23N3O2S. The van der Waals surface area contributed by atoms with Crippen LogP contribution in [-0.2, 0) is 4.79 Å². The summed E-state index contributed by atoms with van der Waals surface area (Å²) in [7, 11) is 2.13. The van der Waals surface area contributed by atoms with E-state index in [4.69, 9.17) is 0 Å². The minimum absolute atomic E-state index is 0.0718. The molecule has 0 saturated carbocycles. The number of nitrogens with one attached hydrogen (secondary N) is 1. The Bertz CT molecular complexity index is 852. The van der Waals surface area contributed by atoms with E-state index in [1.807, 2.05) is 36.6 Å². The third-order valence-electron chi connectivity index (χ3n) is 5.37. The Morgan fingerprint density at radius 1 is 1.23 bits per heavy atom. The highest BCUT2D eigenvalue weighted by molar-refractivity contribution is 7.10. The van der Waals surface area contributed by atoms with Crippen molar-refractivity contribution in [2.45, 2.75) is 26.2 Å². The minimum Gasteiger partial charge on any atom is -0.320 e. The number of amides is 2. The van der Waals surface area contributed by atoms with Crippen LogP contribution in [0.3, 0.4) is 0 Å². The van der Waals surface area contributed by atoms with Crippen molar-refractivity contribution in [1.29, 1.82) is 0 Å². The maximum Gasteiger partial charge on any atom is 0.258 e. The number of carbonyl (C=O) groups excluding carboxylic acids is 2. The van der Waals surface area contributed by atoms with Crippen molar-refractivity contribution in [3.63, 3.8) is 0 Å². The summed E-state index contributed by atoms with van der Waals surface area (Å²) in [4.78, 5) is 31.0. The first-order valence-electron chi connectivity index (χ1n) is 9.04. The van der Waals surface area contributed by atoms with E-state index in [-0.39, 0.29) is 11.8 Å². The summed E-state index contributed by atoms with van der Waals surface area (Å²) in [5, 5.41) is 4.90. The van der Waals surface area contributed by atoms with Gasteiger partial charge in [-0.05, 0) is 58.0 Å². The van der Waals surface area contributed by atoms with Crippen molar-refractivity contribution in [3.8, 4) is 0 Å². The number of fused-ring (bicyclic) bond motifs is 2. The number of para-hydroxylation sites is 2. The molecule has 2 aliphatic rings. The highest BCUT2D eigenvalue weighted by Gasteiger charge is 2.32. The average molecular weight is 369 g/mol. The van der Waals surface area contributed by atoms with Gasteiger partial charge in [0.05, 0.1) is 22.6 Å². The number of thiophene rings is 1. The lowest BCUT2D eigenvalue weighted by atomic mass is 9.93. The molecule has 26 heavy (non-hydrogen) atoms. The highest BCUT2D eigenvalue weighted by atomic mass is 32.1. The SMILES string of the molecule is Cc1scc2c1C(=O)Nc1ccccc1N2C(=O)CC1CCN(C)CC1. The summed E-state index contributed by atoms with van der Waals surface area (Å²) in [6.07, 6.45) is 2.61. The third-order valence-corrected chi connectivity index (χ3v) is 6.27. The third kappa shape index (κ3) is 3.04. The fourth-order valence-electron chi connectivity index (χ4n) is 3.85. The van der Waals surface area contributed by atoms with Gasteiger partial charge in [0.1, 0.15) is 0 Å². The molecule has 0 spiro atoms. The van der Waals surface area contributed by atoms with E-state index in [9.17, 15) is 9.59 Å². The minimum atomic E-state index is -0.138. The normalized spacial score (nSPS) is 18.1. The standard InChI is InChI=1S/C20H23N3O2S/c1-13-19-17(12-26-13)23(16-6-4-3-5-15(16)21-20(19)25)18(24)11-14-7-9-22(2)10-8-14/h3-6,12,14H,7-11H2,1-2H3,(H,21,25). The van der Waals surface area contributed by atoms with Crippen LogP contribution < -0.4 is 10.2 Å². The van der Waals surface area contributed by atoms with E-state index in [0.29, 0.717) is 29.3 Å². The van der Waals surface area contributed by atoms with Gasteiger partial charge in [0.15, 0.2) is 0 Å². The van der Waals surface area contributed by atoms with Crippen LogP contribution in [-0.4, -0.2) is 36.9 Å². The molecule has 1 aromatic carbocycles. The first-order chi connectivity index (χ1) is 12.5. The van der Waals surface area contributed by atoms with Crippen molar-refractivity contribution in [2.75, 3.05) is 30.4 Å². The molecule has 1 N–H and O–H groups in total. The molecule has 1 saturated heterocycles. The maximum absolute atomic E-state index is 13.3. The molecule has 4 rings (SSSR count). The predicted molar refractivity (Wildman–Crippen MR) is 105 cm³/mol. The number of nitrogens with zero attached hydrogens (tertiary/aromatic N) is 2. The molecule has 1 fully saturated rings. The van der Waals surface area contributed by atoms with Crippen molar-refractivity contribution in [3.05, 3.63) is 40.1 Å². The van der Waals surface area contributed by atoms with Crippen LogP contribution in [0.15, 0.2) is 29.6 Å². The number of hydrogen-bond donors (Lipinski definition) is 1. The number of rotatable bonds is 2. The summed E-state index contributed by atoms with van der Waals surface area (Å²) in [6, 6.07) is 7.55. The highest BCUT2D eigenvalue weighted by Crippen LogP contribution is 2.42. The van der Waals surface area contributed by atoms with Crippen molar-refractivity contribution >= 4 is 40.2 Å². The Hall–Kier alpha value is -2.18. The van der Waals surface area contributed by atoms with Crippen LogP contribution in [0.5, 0.6) is 0 Å². The molecule has 0 radical (unpaired) electrons. The molecule has 2 aromatic rings. The van der Waals surface area contributed by atoms with Crippen molar-refractivity contribution < 1.29 is 9.59 Å². The Morgan fingerprint density at radius 3 is 2.73 bits per heavy atom. The lowest BCUT2D eigenvalue weighted by Gasteiger charge is -2.30. The first kappa shape index (κ1) is 17.2. The largest absolute Gasteiger partial charge is 0.320 e. The second-order valence-corrected chi connectivity index (χ2v) is 8.29. The summed E-state index contributed by atoms with van der Waals surface area (Å²) < 4.78 is 0. The Kier molecular flexibility index (Phi) is 4.54. The number of benzene rings is 1. The lowest BCUT2D eigenvalue weighted by Crippen LogP contribution is -2.34. The van der Waals surface area contributed by atoms with E-state index >= 15 is 0 Å². The zero-order valence-corrected chi connectivity index (χ0v) is 15.9. The van der Waals surface area contributed by atoms with Gasteiger partial charge in [-0.15, -0.1) is 11.3 Å². The van der Waals surface area contributed by atoms with Gasteiger partial charge in [0.2, 0.25) is 5.91 Å². The van der Waals surface area contributed by atoms with Crippen LogP contribution in [0.1, 0.15) is 34.5 Å². The fraction of sp³-hybridized carbons (Fsp3) is 0.400. The average Bonchev–Trinajstić information content (AvgIpc) is 2.93. The summed E-state index contributed by atoms with van der Waals surface area (Å²) in [5.74, 6) is 0.337. The monoisotopic (exact) mass is 369 g/mol. The molecule has 2 aliphatic heterocycles. The predicted octanol–water partition coefficient (Wildman–Crippen LogP) is 4.02. The van der Waals surface area contributed by atoms with Crippen LogP contribution >= 0.6 is 11.3 Å². The number of hydrogen-bond acceptors (Lipinski definition) is 4. The van der Waals surface area contributed by atoms with Gasteiger partial charge in [-0.2, -0.15) is 0 Å². The number of carbonyl (C=O) groups is 2. The van der Waals surface area contributed by atoms with Crippen LogP contribution in [0.2, 0.25) is 0 Å². The number of piperidine rings is 1. The van der Waals surface area contributed by atoms with Crippen LogP contribution in [0.25, 0.3) is 0 Å². The zero-order valence-electron chi connectivity index (χ0n) is 15.1. The molecule has 1 aromatic heterocycles. The van der Waals surface area contributed by atoms with Gasteiger partial charge in [0, 0.05) is 16.7 Å². The molecule has 136 valence electrons. The van der Waals surface area contributed by atoms with E-state index < -0.39 is 0 Å². The second-order valence-electron chi connectivity index (χ2n) is 7.20. The van der Waals surface area contributed by atoms with Gasteiger partial charge in [-0.3, -0.25) is 14.5 Å². The second kappa shape index (κ2) is 6.85. The summed E-state index contributed by atoms with van der Waals surface area (Å²) in [5.41, 5.74) is 2.78. The number of likely N-dealkylation sites (tertiary alicyclic amines) is 1. The molecule has 5 nitrogen and oxygen atoms in total. The van der Waals surface area contributed by atoms with Crippen molar-refractivity contribution in [2.24, 2.45) is 5.92 Å². The van der Waals surface area contributed by atoms with Gasteiger partial charge in [0.25, 0.3) is 5.91 Å². The molecule has 2 amide bonds. The quantitative estimate of drug-likeness (QED) is 0.870. The molecule has 6 heteroatoms. The van der Waals surface area contributed by atoms with Gasteiger partial charge < -0.3 is 10.2 Å². The molecule has 0 bridgehead atoms. The topological polar surface area (TPSA) is 52.7 Å². The lowest BCUT2D eigenvalue weighted by molar-refractivity contribution is -0.119. The van der Waals surface area contributed by atoms with Crippen LogP contribution in [0.4, 0.5) is 17.1 Å². The Labute approximate surface area is 157 Å². The molecule has 0 aliphatic carbocycles. The van der Waals surface area contributed by atoms with Gasteiger partial charge in [-0.1, -0.05) is 12.1 Å². The van der Waals surface area contributed by atoms with E-state index in [1.54, 1.807) is 4.90 Å². The fourth-order valence-corrected chi connectivity index (χ4v) is 4.67.